The van der Waals surface area contributed by atoms with Crippen molar-refractivity contribution >= 4 is 11.8 Å². The lowest BCUT2D eigenvalue weighted by Crippen LogP contribution is -2.57. The Bertz CT molecular complexity index is 511. The van der Waals surface area contributed by atoms with E-state index in [0.717, 1.165) is 11.1 Å². The zero-order chi connectivity index (χ0) is 14.0. The van der Waals surface area contributed by atoms with Gasteiger partial charge in [-0.05, 0) is 31.9 Å². The van der Waals surface area contributed by atoms with E-state index < -0.39 is 0 Å². The van der Waals surface area contributed by atoms with Crippen LogP contribution >= 0.6 is 0 Å². The average Bonchev–Trinajstić information content (AvgIpc) is 2.37. The summed E-state index contributed by atoms with van der Waals surface area (Å²) in [6.07, 6.45) is 0.641. The largest absolute Gasteiger partial charge is 0.353 e. The van der Waals surface area contributed by atoms with Gasteiger partial charge in [0.1, 0.15) is 6.04 Å². The van der Waals surface area contributed by atoms with Crippen molar-refractivity contribution in [3.8, 4) is 0 Å². The first-order chi connectivity index (χ1) is 9.04. The topological polar surface area (TPSA) is 49.4 Å². The van der Waals surface area contributed by atoms with Crippen molar-refractivity contribution in [3.63, 3.8) is 0 Å². The van der Waals surface area contributed by atoms with Gasteiger partial charge in [-0.15, -0.1) is 0 Å². The molecule has 0 bridgehead atoms. The number of aryl methyl sites for hydroxylation is 2. The molecule has 1 fully saturated rings. The fraction of sp³-hybridized carbons (Fsp3) is 0.467. The van der Waals surface area contributed by atoms with Gasteiger partial charge in [0.05, 0.1) is 0 Å². The molecule has 1 saturated heterocycles. The van der Waals surface area contributed by atoms with Crippen molar-refractivity contribution in [2.24, 2.45) is 0 Å². The standard InChI is InChI=1S/C15H20N2O2/c1-4-13-14(18)16-7-8-17(13)15(19)12-6-5-10(2)9-11(12)3/h5-6,9,13H,4,7-8H2,1-3H3,(H,16,18). The third kappa shape index (κ3) is 2.62. The molecule has 19 heavy (non-hydrogen) atoms. The number of amides is 2. The van der Waals surface area contributed by atoms with Gasteiger partial charge >= 0.3 is 0 Å². The maximum absolute atomic E-state index is 12.6. The van der Waals surface area contributed by atoms with Gasteiger partial charge in [-0.3, -0.25) is 9.59 Å². The van der Waals surface area contributed by atoms with Gasteiger partial charge in [0.2, 0.25) is 5.91 Å². The first-order valence-corrected chi connectivity index (χ1v) is 6.70. The predicted octanol–water partition coefficient (Wildman–Crippen LogP) is 1.65. The molecular weight excluding hydrogens is 240 g/mol. The Kier molecular flexibility index (Phi) is 3.88. The van der Waals surface area contributed by atoms with E-state index >= 15 is 0 Å². The molecule has 2 rings (SSSR count). The third-order valence-electron chi connectivity index (χ3n) is 3.59. The highest BCUT2D eigenvalue weighted by Crippen LogP contribution is 2.17. The zero-order valence-electron chi connectivity index (χ0n) is 11.7. The molecule has 0 saturated carbocycles. The summed E-state index contributed by atoms with van der Waals surface area (Å²) in [6, 6.07) is 5.44. The van der Waals surface area contributed by atoms with Crippen LogP contribution in [0.4, 0.5) is 0 Å². The first-order valence-electron chi connectivity index (χ1n) is 6.70. The number of rotatable bonds is 2. The molecule has 1 aliphatic heterocycles. The van der Waals surface area contributed by atoms with Crippen LogP contribution in [0.1, 0.15) is 34.8 Å². The molecule has 4 nitrogen and oxygen atoms in total. The minimum absolute atomic E-state index is 0.0424. The smallest absolute Gasteiger partial charge is 0.254 e. The number of benzene rings is 1. The second kappa shape index (κ2) is 5.43. The minimum Gasteiger partial charge on any atom is -0.353 e. The molecule has 4 heteroatoms. The van der Waals surface area contributed by atoms with Crippen LogP contribution < -0.4 is 5.32 Å². The summed E-state index contributed by atoms with van der Waals surface area (Å²) in [6.45, 7) is 6.98. The Hall–Kier alpha value is -1.84. The van der Waals surface area contributed by atoms with Crippen LogP contribution in [-0.2, 0) is 4.79 Å². The van der Waals surface area contributed by atoms with E-state index in [2.05, 4.69) is 5.32 Å². The number of nitrogens with zero attached hydrogens (tertiary/aromatic N) is 1. The number of carbonyl (C=O) groups excluding carboxylic acids is 2. The minimum atomic E-state index is -0.345. The summed E-state index contributed by atoms with van der Waals surface area (Å²) in [4.78, 5) is 26.1. The Balaban J connectivity index is 2.29. The summed E-state index contributed by atoms with van der Waals surface area (Å²) in [5.74, 6) is -0.0916. The van der Waals surface area contributed by atoms with Gasteiger partial charge in [-0.2, -0.15) is 0 Å². The van der Waals surface area contributed by atoms with Gasteiger partial charge in [-0.25, -0.2) is 0 Å². The van der Waals surface area contributed by atoms with E-state index in [-0.39, 0.29) is 17.9 Å². The number of hydrogen-bond donors (Lipinski definition) is 1. The monoisotopic (exact) mass is 260 g/mol. The number of piperazine rings is 1. The molecule has 1 N–H and O–H groups in total. The lowest BCUT2D eigenvalue weighted by Gasteiger charge is -2.34. The van der Waals surface area contributed by atoms with Crippen molar-refractivity contribution in [2.75, 3.05) is 13.1 Å². The molecule has 0 spiro atoms. The fourth-order valence-electron chi connectivity index (χ4n) is 2.57. The molecule has 0 radical (unpaired) electrons. The van der Waals surface area contributed by atoms with E-state index in [9.17, 15) is 9.59 Å². The van der Waals surface area contributed by atoms with E-state index in [0.29, 0.717) is 25.1 Å². The third-order valence-corrected chi connectivity index (χ3v) is 3.59. The van der Waals surface area contributed by atoms with Crippen LogP contribution in [0.15, 0.2) is 18.2 Å². The van der Waals surface area contributed by atoms with Crippen molar-refractivity contribution in [3.05, 3.63) is 34.9 Å². The second-order valence-electron chi connectivity index (χ2n) is 5.03. The van der Waals surface area contributed by atoms with Gasteiger partial charge < -0.3 is 10.2 Å². The lowest BCUT2D eigenvalue weighted by atomic mass is 10.0. The summed E-state index contributed by atoms with van der Waals surface area (Å²) < 4.78 is 0. The van der Waals surface area contributed by atoms with Gasteiger partial charge in [0.15, 0.2) is 0 Å². The molecule has 0 aromatic heterocycles. The summed E-state index contributed by atoms with van der Waals surface area (Å²) in [5, 5.41) is 2.81. The Morgan fingerprint density at radius 2 is 2.16 bits per heavy atom. The molecule has 102 valence electrons. The average molecular weight is 260 g/mol. The van der Waals surface area contributed by atoms with Crippen molar-refractivity contribution < 1.29 is 9.59 Å². The van der Waals surface area contributed by atoms with Crippen molar-refractivity contribution in [2.45, 2.75) is 33.2 Å². The van der Waals surface area contributed by atoms with Gasteiger partial charge in [-0.1, -0.05) is 24.6 Å². The second-order valence-corrected chi connectivity index (χ2v) is 5.03. The lowest BCUT2D eigenvalue weighted by molar-refractivity contribution is -0.127. The zero-order valence-corrected chi connectivity index (χ0v) is 11.7. The van der Waals surface area contributed by atoms with E-state index in [1.54, 1.807) is 4.90 Å². The van der Waals surface area contributed by atoms with Crippen LogP contribution in [0.3, 0.4) is 0 Å². The fourth-order valence-corrected chi connectivity index (χ4v) is 2.57. The van der Waals surface area contributed by atoms with Crippen LogP contribution in [0.5, 0.6) is 0 Å². The summed E-state index contributed by atoms with van der Waals surface area (Å²) in [7, 11) is 0. The van der Waals surface area contributed by atoms with Crippen molar-refractivity contribution in [1.82, 2.24) is 10.2 Å². The van der Waals surface area contributed by atoms with Crippen LogP contribution in [0, 0.1) is 13.8 Å². The first kappa shape index (κ1) is 13.6. The highest BCUT2D eigenvalue weighted by molar-refractivity contribution is 5.99. The summed E-state index contributed by atoms with van der Waals surface area (Å²) >= 11 is 0. The predicted molar refractivity (Wildman–Crippen MR) is 74.0 cm³/mol. The van der Waals surface area contributed by atoms with Crippen LogP contribution in [0.25, 0.3) is 0 Å². The molecule has 1 unspecified atom stereocenters. The van der Waals surface area contributed by atoms with Gasteiger partial charge in [0, 0.05) is 18.7 Å². The van der Waals surface area contributed by atoms with E-state index in [4.69, 9.17) is 0 Å². The highest BCUT2D eigenvalue weighted by Gasteiger charge is 2.32. The molecule has 1 heterocycles. The van der Waals surface area contributed by atoms with E-state index in [1.807, 2.05) is 39.0 Å². The normalized spacial score (nSPS) is 19.2. The molecule has 1 aromatic rings. The van der Waals surface area contributed by atoms with Crippen molar-refractivity contribution in [1.29, 1.82) is 0 Å². The maximum Gasteiger partial charge on any atom is 0.254 e. The number of nitrogens with one attached hydrogen (secondary N) is 1. The molecule has 0 aliphatic carbocycles. The number of hydrogen-bond acceptors (Lipinski definition) is 2. The molecule has 1 aliphatic rings. The van der Waals surface area contributed by atoms with E-state index in [1.165, 1.54) is 0 Å². The number of carbonyl (C=O) groups is 2. The van der Waals surface area contributed by atoms with Crippen LogP contribution in [0.2, 0.25) is 0 Å². The highest BCUT2D eigenvalue weighted by atomic mass is 16.2. The quantitative estimate of drug-likeness (QED) is 0.879. The SMILES string of the molecule is CCC1C(=O)NCCN1C(=O)c1ccc(C)cc1C. The molecule has 1 aromatic carbocycles. The maximum atomic E-state index is 12.6. The Morgan fingerprint density at radius 1 is 1.42 bits per heavy atom. The van der Waals surface area contributed by atoms with Crippen LogP contribution in [-0.4, -0.2) is 35.8 Å². The van der Waals surface area contributed by atoms with Gasteiger partial charge in [0.25, 0.3) is 5.91 Å². The Morgan fingerprint density at radius 3 is 2.79 bits per heavy atom. The molecule has 1 atom stereocenters. The summed E-state index contributed by atoms with van der Waals surface area (Å²) in [5.41, 5.74) is 2.79. The molecular formula is C15H20N2O2. The Labute approximate surface area is 113 Å². The molecule has 2 amide bonds.